The molecule has 2 heterocycles. The Morgan fingerprint density at radius 3 is 2.47 bits per heavy atom. The minimum absolute atomic E-state index is 0.349. The van der Waals surface area contributed by atoms with Crippen LogP contribution in [0.15, 0.2) is 4.47 Å². The van der Waals surface area contributed by atoms with Crippen molar-refractivity contribution in [2.24, 2.45) is 5.92 Å². The molecular weight excluding hydrogens is 306 g/mol. The fraction of sp³-hybridized carbons (Fsp3) is 0.786. The molecule has 0 bridgehead atoms. The van der Waals surface area contributed by atoms with Crippen molar-refractivity contribution >= 4 is 15.9 Å². The Balaban J connectivity index is 1.87. The first-order valence-corrected chi connectivity index (χ1v) is 7.86. The van der Waals surface area contributed by atoms with Crippen molar-refractivity contribution in [1.29, 1.82) is 0 Å². The van der Waals surface area contributed by atoms with Gasteiger partial charge < -0.3 is 10.0 Å². The second kappa shape index (κ2) is 6.37. The summed E-state index contributed by atoms with van der Waals surface area (Å²) in [7, 11) is 0. The van der Waals surface area contributed by atoms with Crippen molar-refractivity contribution in [3.8, 4) is 0 Å². The van der Waals surface area contributed by atoms with E-state index in [4.69, 9.17) is 0 Å². The van der Waals surface area contributed by atoms with Crippen LogP contribution in [0.2, 0.25) is 0 Å². The van der Waals surface area contributed by atoms with Crippen LogP contribution >= 0.6 is 15.9 Å². The molecule has 1 aromatic heterocycles. The van der Waals surface area contributed by atoms with Crippen molar-refractivity contribution in [2.75, 3.05) is 19.6 Å². The zero-order valence-corrected chi connectivity index (χ0v) is 13.7. The fourth-order valence-electron chi connectivity index (χ4n) is 2.65. The van der Waals surface area contributed by atoms with Crippen molar-refractivity contribution in [3.05, 3.63) is 15.9 Å². The van der Waals surface area contributed by atoms with Gasteiger partial charge in [-0.1, -0.05) is 6.92 Å². The predicted molar refractivity (Wildman–Crippen MR) is 80.2 cm³/mol. The van der Waals surface area contributed by atoms with Gasteiger partial charge in [-0.05, 0) is 61.6 Å². The molecule has 0 aromatic carbocycles. The maximum absolute atomic E-state index is 10.2. The first kappa shape index (κ1) is 15.0. The average molecular weight is 330 g/mol. The van der Waals surface area contributed by atoms with Crippen molar-refractivity contribution in [2.45, 2.75) is 46.3 Å². The number of aliphatic hydroxyl groups excluding tert-OH is 1. The van der Waals surface area contributed by atoms with E-state index < -0.39 is 0 Å². The number of β-amino-alcohol motifs (C(OH)–C–C–N with tert-alkyl or cyclic N) is 1. The molecule has 1 aromatic rings. The Morgan fingerprint density at radius 1 is 1.32 bits per heavy atom. The lowest BCUT2D eigenvalue weighted by atomic mass is 9.99. The highest BCUT2D eigenvalue weighted by molar-refractivity contribution is 9.10. The molecule has 5 heteroatoms. The molecule has 0 spiro atoms. The molecule has 1 aliphatic heterocycles. The summed E-state index contributed by atoms with van der Waals surface area (Å²) < 4.78 is 2.95. The quantitative estimate of drug-likeness (QED) is 0.921. The van der Waals surface area contributed by atoms with Gasteiger partial charge in [-0.3, -0.25) is 4.68 Å². The fourth-order valence-corrected chi connectivity index (χ4v) is 2.94. The molecule has 0 unspecified atom stereocenters. The normalized spacial score (nSPS) is 19.8. The van der Waals surface area contributed by atoms with E-state index in [1.165, 1.54) is 12.8 Å². The Bertz CT molecular complexity index is 425. The van der Waals surface area contributed by atoms with Crippen LogP contribution in [0.3, 0.4) is 0 Å². The van der Waals surface area contributed by atoms with Crippen LogP contribution in [0, 0.1) is 19.8 Å². The van der Waals surface area contributed by atoms with E-state index in [0.717, 1.165) is 41.4 Å². The summed E-state index contributed by atoms with van der Waals surface area (Å²) >= 11 is 3.52. The van der Waals surface area contributed by atoms with Gasteiger partial charge in [0.25, 0.3) is 0 Å². The van der Waals surface area contributed by atoms with Crippen molar-refractivity contribution in [3.63, 3.8) is 0 Å². The highest BCUT2D eigenvalue weighted by Crippen LogP contribution is 2.20. The number of halogens is 1. The van der Waals surface area contributed by atoms with E-state index in [1.54, 1.807) is 0 Å². The molecule has 1 atom stereocenters. The monoisotopic (exact) mass is 329 g/mol. The van der Waals surface area contributed by atoms with Crippen LogP contribution in [0.1, 0.15) is 31.2 Å². The molecule has 1 aliphatic rings. The van der Waals surface area contributed by atoms with Gasteiger partial charge in [-0.2, -0.15) is 5.10 Å². The first-order chi connectivity index (χ1) is 8.97. The molecule has 2 rings (SSSR count). The highest BCUT2D eigenvalue weighted by atomic mass is 79.9. The Hall–Kier alpha value is -0.390. The molecule has 0 amide bonds. The molecular formula is C14H24BrN3O. The Morgan fingerprint density at radius 2 is 1.95 bits per heavy atom. The summed E-state index contributed by atoms with van der Waals surface area (Å²) in [5.74, 6) is 0.834. The van der Waals surface area contributed by atoms with Gasteiger partial charge in [-0.25, -0.2) is 0 Å². The third kappa shape index (κ3) is 3.80. The summed E-state index contributed by atoms with van der Waals surface area (Å²) in [6.45, 7) is 9.86. The molecule has 1 saturated heterocycles. The average Bonchev–Trinajstić information content (AvgIpc) is 2.60. The maximum atomic E-state index is 10.2. The number of nitrogens with zero attached hydrogens (tertiary/aromatic N) is 3. The maximum Gasteiger partial charge on any atom is 0.0862 e. The SMILES string of the molecule is Cc1nn(C[C@@H](O)CN2CCC(C)CC2)c(C)c1Br. The lowest BCUT2D eigenvalue weighted by molar-refractivity contribution is 0.0772. The predicted octanol–water partition coefficient (Wildman–Crippen LogP) is 2.36. The van der Waals surface area contributed by atoms with Crippen LogP contribution in [0.5, 0.6) is 0 Å². The molecule has 1 fully saturated rings. The topological polar surface area (TPSA) is 41.3 Å². The lowest BCUT2D eigenvalue weighted by Gasteiger charge is -2.31. The molecule has 19 heavy (non-hydrogen) atoms. The number of piperidine rings is 1. The number of hydrogen-bond donors (Lipinski definition) is 1. The van der Waals surface area contributed by atoms with E-state index in [-0.39, 0.29) is 6.10 Å². The number of aryl methyl sites for hydroxylation is 1. The summed E-state index contributed by atoms with van der Waals surface area (Å²) in [6, 6.07) is 0. The van der Waals surface area contributed by atoms with Gasteiger partial charge >= 0.3 is 0 Å². The molecule has 108 valence electrons. The lowest BCUT2D eigenvalue weighted by Crippen LogP contribution is -2.39. The van der Waals surface area contributed by atoms with Crippen LogP contribution in [-0.2, 0) is 6.54 Å². The standard InChI is InChI=1S/C14H24BrN3O/c1-10-4-6-17(7-5-10)8-13(19)9-18-12(3)14(15)11(2)16-18/h10,13,19H,4-9H2,1-3H3/t13-/m0/s1. The minimum atomic E-state index is -0.349. The van der Waals surface area contributed by atoms with Crippen LogP contribution in [0.25, 0.3) is 0 Å². The largest absolute Gasteiger partial charge is 0.390 e. The first-order valence-electron chi connectivity index (χ1n) is 7.07. The Labute approximate surface area is 123 Å². The van der Waals surface area contributed by atoms with E-state index in [9.17, 15) is 5.11 Å². The van der Waals surface area contributed by atoms with Gasteiger partial charge in [0.2, 0.25) is 0 Å². The molecule has 0 saturated carbocycles. The number of likely N-dealkylation sites (tertiary alicyclic amines) is 1. The van der Waals surface area contributed by atoms with Gasteiger partial charge in [-0.15, -0.1) is 0 Å². The van der Waals surface area contributed by atoms with Crippen LogP contribution in [0.4, 0.5) is 0 Å². The summed E-state index contributed by atoms with van der Waals surface area (Å²) in [4.78, 5) is 2.37. The van der Waals surface area contributed by atoms with Crippen molar-refractivity contribution in [1.82, 2.24) is 14.7 Å². The smallest absolute Gasteiger partial charge is 0.0862 e. The van der Waals surface area contributed by atoms with Crippen molar-refractivity contribution < 1.29 is 5.11 Å². The molecule has 1 N–H and O–H groups in total. The van der Waals surface area contributed by atoms with Gasteiger partial charge in [0.05, 0.1) is 22.8 Å². The number of aliphatic hydroxyl groups is 1. The number of hydrogen-bond acceptors (Lipinski definition) is 3. The minimum Gasteiger partial charge on any atom is -0.390 e. The van der Waals surface area contributed by atoms with Crippen LogP contribution in [-0.4, -0.2) is 45.5 Å². The summed E-state index contributed by atoms with van der Waals surface area (Å²) in [5, 5.41) is 14.7. The number of aromatic nitrogens is 2. The van der Waals surface area contributed by atoms with Crippen LogP contribution < -0.4 is 0 Å². The highest BCUT2D eigenvalue weighted by Gasteiger charge is 2.19. The second-order valence-electron chi connectivity index (χ2n) is 5.80. The zero-order chi connectivity index (χ0) is 14.0. The number of rotatable bonds is 4. The zero-order valence-electron chi connectivity index (χ0n) is 12.1. The molecule has 0 aliphatic carbocycles. The Kier molecular flexibility index (Phi) is 5.03. The van der Waals surface area contributed by atoms with E-state index in [1.807, 2.05) is 18.5 Å². The third-order valence-corrected chi connectivity index (χ3v) is 5.17. The summed E-state index contributed by atoms with van der Waals surface area (Å²) in [5.41, 5.74) is 2.07. The van der Waals surface area contributed by atoms with Gasteiger partial charge in [0.15, 0.2) is 0 Å². The second-order valence-corrected chi connectivity index (χ2v) is 6.60. The summed E-state index contributed by atoms with van der Waals surface area (Å²) in [6.07, 6.45) is 2.15. The molecule has 4 nitrogen and oxygen atoms in total. The van der Waals surface area contributed by atoms with E-state index in [0.29, 0.717) is 6.54 Å². The third-order valence-electron chi connectivity index (χ3n) is 4.02. The van der Waals surface area contributed by atoms with Gasteiger partial charge in [0, 0.05) is 12.2 Å². The van der Waals surface area contributed by atoms with Gasteiger partial charge in [0.1, 0.15) is 0 Å². The van der Waals surface area contributed by atoms with E-state index in [2.05, 4.69) is 32.9 Å². The molecule has 0 radical (unpaired) electrons. The van der Waals surface area contributed by atoms with E-state index >= 15 is 0 Å².